The van der Waals surface area contributed by atoms with Gasteiger partial charge in [-0.2, -0.15) is 0 Å². The van der Waals surface area contributed by atoms with Crippen LogP contribution in [0, 0.1) is 0 Å². The minimum atomic E-state index is -1.42. The van der Waals surface area contributed by atoms with Crippen molar-refractivity contribution in [1.82, 2.24) is 9.55 Å². The van der Waals surface area contributed by atoms with Gasteiger partial charge in [0.25, 0.3) is 5.56 Å². The van der Waals surface area contributed by atoms with Crippen LogP contribution in [0.2, 0.25) is 0 Å². The Morgan fingerprint density at radius 2 is 1.42 bits per heavy atom. The Morgan fingerprint density at radius 3 is 1.97 bits per heavy atom. The summed E-state index contributed by atoms with van der Waals surface area (Å²) in [7, 11) is 1.60. The third kappa shape index (κ3) is 4.68. The number of ether oxygens (including phenoxy) is 3. The van der Waals surface area contributed by atoms with Crippen LogP contribution in [0.25, 0.3) is 0 Å². The van der Waals surface area contributed by atoms with E-state index in [1.165, 1.54) is 6.20 Å². The van der Waals surface area contributed by atoms with E-state index in [4.69, 9.17) is 14.2 Å². The lowest BCUT2D eigenvalue weighted by Crippen LogP contribution is -2.40. The lowest BCUT2D eigenvalue weighted by Gasteiger charge is -2.37. The molecule has 1 fully saturated rings. The summed E-state index contributed by atoms with van der Waals surface area (Å²) < 4.78 is 19.0. The van der Waals surface area contributed by atoms with Gasteiger partial charge in [-0.15, -0.1) is 0 Å². The fourth-order valence-electron chi connectivity index (χ4n) is 4.85. The zero-order chi connectivity index (χ0) is 26.7. The molecule has 9 nitrogen and oxygen atoms in total. The smallest absolute Gasteiger partial charge is 0.330 e. The topological polar surface area (TPSA) is 123 Å². The van der Waals surface area contributed by atoms with Gasteiger partial charge in [0.05, 0.1) is 13.7 Å². The van der Waals surface area contributed by atoms with E-state index in [0.29, 0.717) is 5.75 Å². The van der Waals surface area contributed by atoms with Crippen molar-refractivity contribution in [1.29, 1.82) is 0 Å². The van der Waals surface area contributed by atoms with E-state index < -0.39 is 41.4 Å². The average Bonchev–Trinajstić information content (AvgIpc) is 3.23. The molecule has 3 aromatic carbocycles. The van der Waals surface area contributed by atoms with Gasteiger partial charge in [-0.1, -0.05) is 72.8 Å². The molecule has 38 heavy (non-hydrogen) atoms. The molecule has 3 N–H and O–H groups in total. The first-order valence-electron chi connectivity index (χ1n) is 12.2. The maximum absolute atomic E-state index is 12.3. The molecule has 1 aromatic heterocycles. The normalized spacial score (nSPS) is 21.3. The molecule has 4 aromatic rings. The molecule has 0 saturated carbocycles. The minimum Gasteiger partial charge on any atom is -0.497 e. The van der Waals surface area contributed by atoms with Gasteiger partial charge in [-0.25, -0.2) is 4.79 Å². The van der Waals surface area contributed by atoms with Gasteiger partial charge in [0, 0.05) is 12.3 Å². The van der Waals surface area contributed by atoms with Crippen LogP contribution in [-0.4, -0.2) is 51.8 Å². The van der Waals surface area contributed by atoms with E-state index in [9.17, 15) is 19.8 Å². The molecule has 0 aliphatic carbocycles. The Balaban J connectivity index is 1.54. The number of aliphatic hydroxyl groups is 2. The van der Waals surface area contributed by atoms with E-state index in [2.05, 4.69) is 4.98 Å². The van der Waals surface area contributed by atoms with Crippen LogP contribution in [0.4, 0.5) is 0 Å². The standard InChI is InChI=1S/C29H28N2O7/c1-36-22-14-12-21(13-15-22)29(19-8-4-2-5-9-19,20-10-6-3-7-11-20)37-18-23-25(33)26(34)27(38-23)31-17-16-24(32)30-28(31)35/h2-17,23,25-27,33-34H,18H2,1H3,(H,30,32,35)/t23-,25+,26-,27-/m0/s1. The molecular weight excluding hydrogens is 488 g/mol. The molecule has 0 radical (unpaired) electrons. The van der Waals surface area contributed by atoms with Crippen molar-refractivity contribution in [2.75, 3.05) is 13.7 Å². The molecule has 0 unspecified atom stereocenters. The average molecular weight is 517 g/mol. The van der Waals surface area contributed by atoms with E-state index >= 15 is 0 Å². The highest BCUT2D eigenvalue weighted by Crippen LogP contribution is 2.42. The Morgan fingerprint density at radius 1 is 0.842 bits per heavy atom. The van der Waals surface area contributed by atoms with E-state index in [-0.39, 0.29) is 6.61 Å². The molecule has 4 atom stereocenters. The Hall–Kier alpha value is -4.02. The zero-order valence-electron chi connectivity index (χ0n) is 20.6. The first kappa shape index (κ1) is 25.6. The highest BCUT2D eigenvalue weighted by molar-refractivity contribution is 5.48. The Kier molecular flexibility index (Phi) is 7.26. The number of aliphatic hydroxyl groups excluding tert-OH is 2. The third-order valence-corrected chi connectivity index (χ3v) is 6.78. The number of hydrogen-bond donors (Lipinski definition) is 3. The lowest BCUT2D eigenvalue weighted by molar-refractivity contribution is -0.0958. The summed E-state index contributed by atoms with van der Waals surface area (Å²) in [5, 5.41) is 21.6. The summed E-state index contributed by atoms with van der Waals surface area (Å²) in [5.74, 6) is 0.690. The van der Waals surface area contributed by atoms with Gasteiger partial charge in [0.1, 0.15) is 29.7 Å². The molecule has 0 bridgehead atoms. The van der Waals surface area contributed by atoms with Crippen molar-refractivity contribution in [3.63, 3.8) is 0 Å². The predicted octanol–water partition coefficient (Wildman–Crippen LogP) is 2.17. The number of aromatic amines is 1. The van der Waals surface area contributed by atoms with Crippen molar-refractivity contribution in [3.05, 3.63) is 135 Å². The lowest BCUT2D eigenvalue weighted by atomic mass is 9.80. The molecular formula is C29H28N2O7. The van der Waals surface area contributed by atoms with E-state index in [1.807, 2.05) is 84.9 Å². The van der Waals surface area contributed by atoms with Gasteiger partial charge in [-0.3, -0.25) is 14.3 Å². The van der Waals surface area contributed by atoms with Crippen LogP contribution in [0.5, 0.6) is 5.75 Å². The molecule has 2 heterocycles. The number of benzene rings is 3. The van der Waals surface area contributed by atoms with Crippen LogP contribution in [0.1, 0.15) is 22.9 Å². The van der Waals surface area contributed by atoms with Crippen molar-refractivity contribution < 1.29 is 24.4 Å². The first-order chi connectivity index (χ1) is 18.4. The van der Waals surface area contributed by atoms with Gasteiger partial charge in [0.2, 0.25) is 0 Å². The maximum Gasteiger partial charge on any atom is 0.330 e. The van der Waals surface area contributed by atoms with Crippen molar-refractivity contribution in [3.8, 4) is 5.75 Å². The second kappa shape index (κ2) is 10.8. The van der Waals surface area contributed by atoms with Crippen molar-refractivity contribution in [2.45, 2.75) is 30.1 Å². The maximum atomic E-state index is 12.3. The number of hydrogen-bond acceptors (Lipinski definition) is 7. The fraction of sp³-hybridized carbons (Fsp3) is 0.241. The van der Waals surface area contributed by atoms with Gasteiger partial charge < -0.3 is 24.4 Å². The molecule has 196 valence electrons. The third-order valence-electron chi connectivity index (χ3n) is 6.78. The highest BCUT2D eigenvalue weighted by Gasteiger charge is 2.46. The number of H-pyrrole nitrogens is 1. The van der Waals surface area contributed by atoms with Gasteiger partial charge >= 0.3 is 5.69 Å². The minimum absolute atomic E-state index is 0.122. The molecule has 0 amide bonds. The van der Waals surface area contributed by atoms with Gasteiger partial charge in [-0.05, 0) is 28.8 Å². The second-order valence-electron chi connectivity index (χ2n) is 9.02. The van der Waals surface area contributed by atoms with Crippen LogP contribution in [-0.2, 0) is 15.1 Å². The predicted molar refractivity (Wildman–Crippen MR) is 139 cm³/mol. The number of rotatable bonds is 8. The van der Waals surface area contributed by atoms with Gasteiger partial charge in [0.15, 0.2) is 6.23 Å². The molecule has 0 spiro atoms. The summed E-state index contributed by atoms with van der Waals surface area (Å²) in [6.45, 7) is -0.122. The van der Waals surface area contributed by atoms with Crippen LogP contribution in [0.15, 0.2) is 107 Å². The Labute approximate surface area is 218 Å². The summed E-state index contributed by atoms with van der Waals surface area (Å²) in [5.41, 5.74) is 0.0776. The van der Waals surface area contributed by atoms with Crippen LogP contribution < -0.4 is 16.0 Å². The first-order valence-corrected chi connectivity index (χ1v) is 12.2. The zero-order valence-corrected chi connectivity index (χ0v) is 20.6. The summed E-state index contributed by atoms with van der Waals surface area (Å²) in [6.07, 6.45) is -3.72. The molecule has 1 aliphatic heterocycles. The molecule has 1 saturated heterocycles. The largest absolute Gasteiger partial charge is 0.497 e. The summed E-state index contributed by atoms with van der Waals surface area (Å²) >= 11 is 0. The summed E-state index contributed by atoms with van der Waals surface area (Å²) in [4.78, 5) is 25.9. The number of nitrogens with one attached hydrogen (secondary N) is 1. The quantitative estimate of drug-likeness (QED) is 0.307. The van der Waals surface area contributed by atoms with Crippen molar-refractivity contribution >= 4 is 0 Å². The number of nitrogens with zero attached hydrogens (tertiary/aromatic N) is 1. The van der Waals surface area contributed by atoms with E-state index in [1.54, 1.807) is 7.11 Å². The van der Waals surface area contributed by atoms with Crippen molar-refractivity contribution in [2.24, 2.45) is 0 Å². The molecule has 1 aliphatic rings. The van der Waals surface area contributed by atoms with Crippen LogP contribution >= 0.6 is 0 Å². The Bertz CT molecular complexity index is 1430. The molecule has 5 rings (SSSR count). The molecule has 9 heteroatoms. The fourth-order valence-corrected chi connectivity index (χ4v) is 4.85. The van der Waals surface area contributed by atoms with Crippen LogP contribution in [0.3, 0.4) is 0 Å². The summed E-state index contributed by atoms with van der Waals surface area (Å²) in [6, 6.07) is 28.0. The SMILES string of the molecule is COc1ccc(C(OC[C@@H]2O[C@H](n3ccc(=O)[nH]c3=O)[C@@H](O)[C@@H]2O)(c2ccccc2)c2ccccc2)cc1. The number of methoxy groups -OCH3 is 1. The monoisotopic (exact) mass is 516 g/mol. The number of aromatic nitrogens is 2. The highest BCUT2D eigenvalue weighted by atomic mass is 16.6. The second-order valence-corrected chi connectivity index (χ2v) is 9.02. The van der Waals surface area contributed by atoms with E-state index in [0.717, 1.165) is 27.3 Å².